The number of amides is 1. The lowest BCUT2D eigenvalue weighted by Gasteiger charge is -2.07. The maximum atomic E-state index is 13.0. The van der Waals surface area contributed by atoms with Crippen molar-refractivity contribution in [3.63, 3.8) is 0 Å². The molecule has 5 rings (SSSR count). The predicted octanol–water partition coefficient (Wildman–Crippen LogP) is 2.77. The van der Waals surface area contributed by atoms with E-state index in [0.717, 1.165) is 16.0 Å². The van der Waals surface area contributed by atoms with Gasteiger partial charge in [-0.1, -0.05) is 11.2 Å². The molecule has 5 heterocycles. The normalized spacial score (nSPS) is 11.0. The number of nitrogens with zero attached hydrogens (tertiary/aromatic N) is 5. The van der Waals surface area contributed by atoms with Crippen molar-refractivity contribution >= 4 is 44.8 Å². The Bertz CT molecular complexity index is 1410. The number of carbonyl (C=O) groups excluding carboxylic acids is 1. The Morgan fingerprint density at radius 2 is 2.06 bits per heavy atom. The molecule has 5 aromatic heterocycles. The topological polar surface area (TPSA) is 128 Å². The number of hydrazine groups is 1. The molecule has 0 spiro atoms. The zero-order valence-corrected chi connectivity index (χ0v) is 17.3. The third-order valence-electron chi connectivity index (χ3n) is 4.33. The molecule has 0 aromatic carbocycles. The van der Waals surface area contributed by atoms with E-state index in [1.807, 2.05) is 22.9 Å². The zero-order chi connectivity index (χ0) is 21.2. The largest absolute Gasteiger partial charge is 0.340 e. The molecule has 2 N–H and O–H groups in total. The van der Waals surface area contributed by atoms with Gasteiger partial charge < -0.3 is 4.52 Å². The molecular formula is C19H13N7O3S2. The average Bonchev–Trinajstić information content (AvgIpc) is 3.55. The predicted molar refractivity (Wildman–Crippen MR) is 116 cm³/mol. The molecule has 0 aliphatic rings. The quantitative estimate of drug-likeness (QED) is 0.377. The minimum atomic E-state index is -0.472. The summed E-state index contributed by atoms with van der Waals surface area (Å²) < 4.78 is 6.33. The van der Waals surface area contributed by atoms with E-state index >= 15 is 0 Å². The van der Waals surface area contributed by atoms with Gasteiger partial charge in [-0.3, -0.25) is 24.6 Å². The first-order chi connectivity index (χ1) is 15.2. The lowest BCUT2D eigenvalue weighted by Crippen LogP contribution is -2.35. The van der Waals surface area contributed by atoms with Crippen LogP contribution in [0, 0.1) is 0 Å². The van der Waals surface area contributed by atoms with Gasteiger partial charge in [-0.05, 0) is 23.6 Å². The fourth-order valence-electron chi connectivity index (χ4n) is 2.90. The SMILES string of the molecule is O=C(Cn1cnc2scc(-c3cccs3)c2c1=O)NNc1nc(-c2ccncc2)no1. The molecule has 5 aromatic rings. The summed E-state index contributed by atoms with van der Waals surface area (Å²) in [6, 6.07) is 7.35. The van der Waals surface area contributed by atoms with Gasteiger partial charge in [-0.2, -0.15) is 4.98 Å². The standard InChI is InChI=1S/C19H13N7O3S2/c27-14(23-24-19-22-16(25-29-19)11-3-5-20-6-4-11)8-26-10-21-17-15(18(26)28)12(9-31-17)13-2-1-7-30-13/h1-7,9-10H,8H2,(H,23,27)(H,22,24,25). The number of hydrogen-bond donors (Lipinski definition) is 2. The van der Waals surface area contributed by atoms with Crippen molar-refractivity contribution in [1.82, 2.24) is 30.1 Å². The third kappa shape index (κ3) is 3.81. The molecule has 0 bridgehead atoms. The number of nitrogens with one attached hydrogen (secondary N) is 2. The summed E-state index contributed by atoms with van der Waals surface area (Å²) in [4.78, 5) is 39.3. The maximum absolute atomic E-state index is 13.0. The average molecular weight is 451 g/mol. The van der Waals surface area contributed by atoms with E-state index in [9.17, 15) is 9.59 Å². The van der Waals surface area contributed by atoms with Crippen LogP contribution in [0.15, 0.2) is 63.1 Å². The second-order valence-electron chi connectivity index (χ2n) is 6.32. The van der Waals surface area contributed by atoms with Crippen molar-refractivity contribution < 1.29 is 9.32 Å². The lowest BCUT2D eigenvalue weighted by atomic mass is 10.2. The smallest absolute Gasteiger partial charge is 0.313 e. The summed E-state index contributed by atoms with van der Waals surface area (Å²) in [6.45, 7) is -0.222. The maximum Gasteiger partial charge on any atom is 0.340 e. The number of aromatic nitrogens is 5. The fourth-order valence-corrected chi connectivity index (χ4v) is 4.62. The minimum Gasteiger partial charge on any atom is -0.313 e. The van der Waals surface area contributed by atoms with Crippen LogP contribution in [0.25, 0.3) is 32.0 Å². The Kier molecular flexibility index (Phi) is 4.98. The summed E-state index contributed by atoms with van der Waals surface area (Å²) in [5.74, 6) is -0.122. The first kappa shape index (κ1) is 19.1. The number of carbonyl (C=O) groups is 1. The number of anilines is 1. The third-order valence-corrected chi connectivity index (χ3v) is 6.12. The number of thiophene rings is 2. The molecule has 0 aliphatic heterocycles. The molecule has 31 heavy (non-hydrogen) atoms. The van der Waals surface area contributed by atoms with E-state index in [1.165, 1.54) is 22.2 Å². The highest BCUT2D eigenvalue weighted by Gasteiger charge is 2.15. The monoisotopic (exact) mass is 451 g/mol. The van der Waals surface area contributed by atoms with Crippen molar-refractivity contribution in [1.29, 1.82) is 0 Å². The van der Waals surface area contributed by atoms with Gasteiger partial charge in [0, 0.05) is 33.8 Å². The molecule has 0 radical (unpaired) electrons. The van der Waals surface area contributed by atoms with E-state index < -0.39 is 5.91 Å². The highest BCUT2D eigenvalue weighted by atomic mass is 32.1. The molecular weight excluding hydrogens is 438 g/mol. The number of pyridine rings is 1. The van der Waals surface area contributed by atoms with Crippen LogP contribution in [-0.4, -0.2) is 30.6 Å². The first-order valence-corrected chi connectivity index (χ1v) is 10.7. The molecule has 0 aliphatic carbocycles. The summed E-state index contributed by atoms with van der Waals surface area (Å²) in [6.07, 6.45) is 4.59. The molecule has 0 saturated carbocycles. The van der Waals surface area contributed by atoms with E-state index in [4.69, 9.17) is 4.52 Å². The van der Waals surface area contributed by atoms with Gasteiger partial charge in [0.05, 0.1) is 11.7 Å². The molecule has 10 nitrogen and oxygen atoms in total. The zero-order valence-electron chi connectivity index (χ0n) is 15.7. The Balaban J connectivity index is 1.30. The van der Waals surface area contributed by atoms with Crippen LogP contribution in [-0.2, 0) is 11.3 Å². The van der Waals surface area contributed by atoms with Crippen LogP contribution in [0.4, 0.5) is 6.01 Å². The molecule has 0 atom stereocenters. The highest BCUT2D eigenvalue weighted by Crippen LogP contribution is 2.33. The van der Waals surface area contributed by atoms with Gasteiger partial charge in [-0.15, -0.1) is 22.7 Å². The van der Waals surface area contributed by atoms with E-state index in [2.05, 4.69) is 31.0 Å². The van der Waals surface area contributed by atoms with Gasteiger partial charge in [0.25, 0.3) is 11.5 Å². The number of hydrogen-bond acceptors (Lipinski definition) is 10. The lowest BCUT2D eigenvalue weighted by molar-refractivity contribution is -0.121. The Labute approximate surface area is 182 Å². The Morgan fingerprint density at radius 3 is 2.87 bits per heavy atom. The van der Waals surface area contributed by atoms with Crippen molar-refractivity contribution in [2.75, 3.05) is 5.43 Å². The van der Waals surface area contributed by atoms with Crippen molar-refractivity contribution in [2.45, 2.75) is 6.54 Å². The van der Waals surface area contributed by atoms with Crippen LogP contribution in [0.3, 0.4) is 0 Å². The van der Waals surface area contributed by atoms with Gasteiger partial charge in [0.2, 0.25) is 5.82 Å². The Morgan fingerprint density at radius 1 is 1.19 bits per heavy atom. The number of fused-ring (bicyclic) bond motifs is 1. The first-order valence-electron chi connectivity index (χ1n) is 8.98. The molecule has 0 fully saturated rings. The van der Waals surface area contributed by atoms with Crippen LogP contribution < -0.4 is 16.4 Å². The van der Waals surface area contributed by atoms with Gasteiger partial charge in [0.15, 0.2) is 0 Å². The van der Waals surface area contributed by atoms with Crippen molar-refractivity contribution in [3.05, 3.63) is 64.1 Å². The summed E-state index contributed by atoms with van der Waals surface area (Å²) in [5.41, 5.74) is 6.27. The molecule has 154 valence electrons. The van der Waals surface area contributed by atoms with Crippen molar-refractivity contribution in [3.8, 4) is 21.8 Å². The highest BCUT2D eigenvalue weighted by molar-refractivity contribution is 7.18. The van der Waals surface area contributed by atoms with Gasteiger partial charge >= 0.3 is 6.01 Å². The molecule has 1 amide bonds. The van der Waals surface area contributed by atoms with Crippen LogP contribution in [0.5, 0.6) is 0 Å². The second kappa shape index (κ2) is 8.08. The summed E-state index contributed by atoms with van der Waals surface area (Å²) in [7, 11) is 0. The number of rotatable bonds is 6. The van der Waals surface area contributed by atoms with E-state index in [0.29, 0.717) is 16.0 Å². The van der Waals surface area contributed by atoms with E-state index in [-0.39, 0.29) is 18.1 Å². The van der Waals surface area contributed by atoms with Gasteiger partial charge in [-0.25, -0.2) is 10.4 Å². The van der Waals surface area contributed by atoms with E-state index in [1.54, 1.807) is 35.9 Å². The second-order valence-corrected chi connectivity index (χ2v) is 8.12. The molecule has 0 unspecified atom stereocenters. The van der Waals surface area contributed by atoms with Gasteiger partial charge in [0.1, 0.15) is 11.4 Å². The molecule has 12 heteroatoms. The summed E-state index contributed by atoms with van der Waals surface area (Å²) >= 11 is 2.94. The fraction of sp³-hybridized carbons (Fsp3) is 0.0526. The Hall–Kier alpha value is -3.90. The minimum absolute atomic E-state index is 0.0129. The molecule has 0 saturated heterocycles. The van der Waals surface area contributed by atoms with Crippen LogP contribution >= 0.6 is 22.7 Å². The van der Waals surface area contributed by atoms with Crippen molar-refractivity contribution in [2.24, 2.45) is 0 Å². The summed E-state index contributed by atoms with van der Waals surface area (Å²) in [5, 5.41) is 8.20. The van der Waals surface area contributed by atoms with Crippen LogP contribution in [0.2, 0.25) is 0 Å². The van der Waals surface area contributed by atoms with Crippen LogP contribution in [0.1, 0.15) is 0 Å².